The summed E-state index contributed by atoms with van der Waals surface area (Å²) in [6.45, 7) is 0. The predicted molar refractivity (Wildman–Crippen MR) is 109 cm³/mol. The van der Waals surface area contributed by atoms with Gasteiger partial charge in [0, 0.05) is 27.1 Å². The number of phenolic OH excluding ortho intramolecular Hbond substituents is 2. The molecule has 4 rings (SSSR count). The summed E-state index contributed by atoms with van der Waals surface area (Å²) < 4.78 is 40.1. The lowest BCUT2D eigenvalue weighted by atomic mass is 9.91. The standard InChI is InChI=1S/C22H13ClF3NO3/c23-13-5-7-18(29)16(10-13)20-15-9-12(22(24,25)26)4-6-17(15)27-21(30)19(20)11-2-1-3-14(28)8-11/h1-10,28-29H,(H,27,30). The molecule has 4 nitrogen and oxygen atoms in total. The van der Waals surface area contributed by atoms with Gasteiger partial charge in [0.1, 0.15) is 11.5 Å². The Labute approximate surface area is 172 Å². The van der Waals surface area contributed by atoms with Crippen LogP contribution in [0.25, 0.3) is 33.2 Å². The fraction of sp³-hybridized carbons (Fsp3) is 0.0455. The second-order valence-electron chi connectivity index (χ2n) is 6.67. The molecule has 0 aliphatic carbocycles. The normalized spacial score (nSPS) is 11.7. The molecule has 0 aliphatic heterocycles. The van der Waals surface area contributed by atoms with Crippen LogP contribution in [0.1, 0.15) is 5.56 Å². The van der Waals surface area contributed by atoms with Crippen molar-refractivity contribution < 1.29 is 23.4 Å². The van der Waals surface area contributed by atoms with Crippen molar-refractivity contribution in [1.82, 2.24) is 4.98 Å². The van der Waals surface area contributed by atoms with Crippen LogP contribution in [0.5, 0.6) is 11.5 Å². The van der Waals surface area contributed by atoms with E-state index in [4.69, 9.17) is 11.6 Å². The van der Waals surface area contributed by atoms with Gasteiger partial charge in [0.2, 0.25) is 0 Å². The Balaban J connectivity index is 2.21. The van der Waals surface area contributed by atoms with Crippen LogP contribution in [0.4, 0.5) is 13.2 Å². The molecule has 0 aliphatic rings. The number of fused-ring (bicyclic) bond motifs is 1. The Morgan fingerprint density at radius 3 is 2.37 bits per heavy atom. The molecule has 152 valence electrons. The zero-order valence-electron chi connectivity index (χ0n) is 15.1. The third kappa shape index (κ3) is 3.48. The SMILES string of the molecule is O=c1[nH]c2ccc(C(F)(F)F)cc2c(-c2cc(Cl)ccc2O)c1-c1cccc(O)c1. The number of phenols is 2. The average Bonchev–Trinajstić information content (AvgIpc) is 2.68. The summed E-state index contributed by atoms with van der Waals surface area (Å²) >= 11 is 6.07. The molecule has 3 N–H and O–H groups in total. The van der Waals surface area contributed by atoms with Crippen LogP contribution in [0.2, 0.25) is 5.02 Å². The molecule has 0 bridgehead atoms. The minimum atomic E-state index is -4.61. The first-order valence-corrected chi connectivity index (χ1v) is 9.08. The van der Waals surface area contributed by atoms with Crippen molar-refractivity contribution in [2.24, 2.45) is 0 Å². The van der Waals surface area contributed by atoms with Gasteiger partial charge in [-0.1, -0.05) is 23.7 Å². The first-order chi connectivity index (χ1) is 14.1. The highest BCUT2D eigenvalue weighted by Gasteiger charge is 2.31. The topological polar surface area (TPSA) is 73.3 Å². The summed E-state index contributed by atoms with van der Waals surface area (Å²) in [6, 6.07) is 12.8. The molecule has 8 heteroatoms. The molecule has 1 aromatic heterocycles. The van der Waals surface area contributed by atoms with E-state index in [1.807, 2.05) is 0 Å². The highest BCUT2D eigenvalue weighted by molar-refractivity contribution is 6.31. The number of nitrogens with one attached hydrogen (secondary N) is 1. The van der Waals surface area contributed by atoms with Gasteiger partial charge in [-0.05, 0) is 54.1 Å². The lowest BCUT2D eigenvalue weighted by molar-refractivity contribution is -0.137. The Morgan fingerprint density at radius 2 is 1.67 bits per heavy atom. The van der Waals surface area contributed by atoms with Crippen LogP contribution in [-0.4, -0.2) is 15.2 Å². The Bertz CT molecular complexity index is 1350. The van der Waals surface area contributed by atoms with Gasteiger partial charge >= 0.3 is 6.18 Å². The van der Waals surface area contributed by atoms with E-state index in [1.165, 1.54) is 42.5 Å². The van der Waals surface area contributed by atoms with Gasteiger partial charge in [-0.25, -0.2) is 0 Å². The maximum absolute atomic E-state index is 13.4. The third-order valence-electron chi connectivity index (χ3n) is 4.70. The number of pyridine rings is 1. The summed E-state index contributed by atoms with van der Waals surface area (Å²) in [5.74, 6) is -0.387. The number of aromatic amines is 1. The lowest BCUT2D eigenvalue weighted by Crippen LogP contribution is -2.12. The van der Waals surface area contributed by atoms with Gasteiger partial charge in [-0.2, -0.15) is 13.2 Å². The number of aromatic nitrogens is 1. The predicted octanol–water partition coefficient (Wildman–Crippen LogP) is 5.95. The average molecular weight is 432 g/mol. The maximum atomic E-state index is 13.4. The fourth-order valence-electron chi connectivity index (χ4n) is 3.39. The van der Waals surface area contributed by atoms with Gasteiger partial charge < -0.3 is 15.2 Å². The molecule has 0 spiro atoms. The number of rotatable bonds is 2. The molecular formula is C22H13ClF3NO3. The molecule has 0 fully saturated rings. The number of hydrogen-bond donors (Lipinski definition) is 3. The van der Waals surface area contributed by atoms with E-state index >= 15 is 0 Å². The van der Waals surface area contributed by atoms with Gasteiger partial charge in [-0.3, -0.25) is 4.79 Å². The lowest BCUT2D eigenvalue weighted by Gasteiger charge is -2.16. The molecular weight excluding hydrogens is 419 g/mol. The van der Waals surface area contributed by atoms with Crippen molar-refractivity contribution >= 4 is 22.5 Å². The zero-order valence-corrected chi connectivity index (χ0v) is 15.8. The molecule has 0 unspecified atom stereocenters. The molecule has 1 heterocycles. The summed E-state index contributed by atoms with van der Waals surface area (Å²) in [5.41, 5.74) is -0.915. The van der Waals surface area contributed by atoms with Crippen LogP contribution < -0.4 is 5.56 Å². The van der Waals surface area contributed by atoms with Crippen LogP contribution >= 0.6 is 11.6 Å². The molecule has 3 aromatic carbocycles. The summed E-state index contributed by atoms with van der Waals surface area (Å²) in [4.78, 5) is 15.5. The minimum Gasteiger partial charge on any atom is -0.508 e. The minimum absolute atomic E-state index is 0.00436. The molecule has 0 saturated carbocycles. The summed E-state index contributed by atoms with van der Waals surface area (Å²) in [7, 11) is 0. The van der Waals surface area contributed by atoms with E-state index in [-0.39, 0.29) is 49.7 Å². The van der Waals surface area contributed by atoms with Gasteiger partial charge in [-0.15, -0.1) is 0 Å². The van der Waals surface area contributed by atoms with E-state index in [2.05, 4.69) is 4.98 Å². The summed E-state index contributed by atoms with van der Waals surface area (Å²) in [6.07, 6.45) is -4.61. The van der Waals surface area contributed by atoms with Crippen molar-refractivity contribution in [2.45, 2.75) is 6.18 Å². The zero-order chi connectivity index (χ0) is 21.6. The van der Waals surface area contributed by atoms with Crippen molar-refractivity contribution in [2.75, 3.05) is 0 Å². The van der Waals surface area contributed by atoms with E-state index in [1.54, 1.807) is 0 Å². The summed E-state index contributed by atoms with van der Waals surface area (Å²) in [5, 5.41) is 20.6. The van der Waals surface area contributed by atoms with E-state index in [0.717, 1.165) is 18.2 Å². The smallest absolute Gasteiger partial charge is 0.416 e. The number of alkyl halides is 3. The second kappa shape index (κ2) is 7.11. The highest BCUT2D eigenvalue weighted by Crippen LogP contribution is 2.42. The quantitative estimate of drug-likeness (QED) is 0.367. The molecule has 0 amide bonds. The Morgan fingerprint density at radius 1 is 0.900 bits per heavy atom. The largest absolute Gasteiger partial charge is 0.508 e. The van der Waals surface area contributed by atoms with Crippen molar-refractivity contribution in [1.29, 1.82) is 0 Å². The molecule has 0 atom stereocenters. The van der Waals surface area contributed by atoms with E-state index < -0.39 is 17.3 Å². The number of hydrogen-bond acceptors (Lipinski definition) is 3. The fourth-order valence-corrected chi connectivity index (χ4v) is 3.57. The first-order valence-electron chi connectivity index (χ1n) is 8.70. The number of aromatic hydroxyl groups is 2. The number of benzene rings is 3. The third-order valence-corrected chi connectivity index (χ3v) is 4.94. The van der Waals surface area contributed by atoms with E-state index in [9.17, 15) is 28.2 Å². The van der Waals surface area contributed by atoms with E-state index in [0.29, 0.717) is 0 Å². The Hall–Kier alpha value is -3.45. The van der Waals surface area contributed by atoms with Gasteiger partial charge in [0.15, 0.2) is 0 Å². The highest BCUT2D eigenvalue weighted by atomic mass is 35.5. The first kappa shape index (κ1) is 19.8. The van der Waals surface area contributed by atoms with Crippen LogP contribution in [0, 0.1) is 0 Å². The van der Waals surface area contributed by atoms with Crippen molar-refractivity contribution in [3.05, 3.63) is 81.6 Å². The maximum Gasteiger partial charge on any atom is 0.416 e. The second-order valence-corrected chi connectivity index (χ2v) is 7.11. The molecule has 4 aromatic rings. The number of halogens is 4. The van der Waals surface area contributed by atoms with Crippen LogP contribution in [-0.2, 0) is 6.18 Å². The van der Waals surface area contributed by atoms with Crippen molar-refractivity contribution in [3.63, 3.8) is 0 Å². The molecule has 30 heavy (non-hydrogen) atoms. The Kier molecular flexibility index (Phi) is 4.70. The van der Waals surface area contributed by atoms with Crippen LogP contribution in [0.3, 0.4) is 0 Å². The molecule has 0 saturated heterocycles. The van der Waals surface area contributed by atoms with Gasteiger partial charge in [0.25, 0.3) is 5.56 Å². The molecule has 0 radical (unpaired) electrons. The van der Waals surface area contributed by atoms with Crippen molar-refractivity contribution in [3.8, 4) is 33.8 Å². The monoisotopic (exact) mass is 431 g/mol. The van der Waals surface area contributed by atoms with Gasteiger partial charge in [0.05, 0.1) is 11.1 Å². The van der Waals surface area contributed by atoms with Crippen LogP contribution in [0.15, 0.2) is 65.5 Å². The number of H-pyrrole nitrogens is 1.